The predicted molar refractivity (Wildman–Crippen MR) is 112 cm³/mol. The van der Waals surface area contributed by atoms with Gasteiger partial charge in [-0.2, -0.15) is 0 Å². The van der Waals surface area contributed by atoms with E-state index in [2.05, 4.69) is 13.8 Å². The molecule has 0 unspecified atom stereocenters. The lowest BCUT2D eigenvalue weighted by atomic mass is 9.87. The SMILES string of the molecule is COc1cc2c(cc1OC[C@H]1CCCO1)C[C@H](C(C)C)n1cc(C(=O)O)c(=O)cc1-2. The standard InChI is InChI=1S/C23H27NO6/c1-13(2)18-7-14-8-22(30-12-15-5-4-6-29-15)21(28-3)9-16(14)19-10-20(25)17(23(26)27)11-24(18)19/h8-11,13,15,18H,4-7,12H2,1-3H3,(H,26,27)/t15-,18-/m1/s1. The molecule has 2 aliphatic rings. The van der Waals surface area contributed by atoms with Gasteiger partial charge in [0, 0.05) is 30.5 Å². The minimum atomic E-state index is -1.21. The molecule has 3 heterocycles. The Hall–Kier alpha value is -2.80. The Bertz CT molecular complexity index is 1020. The minimum absolute atomic E-state index is 0.0330. The van der Waals surface area contributed by atoms with Gasteiger partial charge in [-0.05, 0) is 42.9 Å². The lowest BCUT2D eigenvalue weighted by Gasteiger charge is -2.33. The zero-order chi connectivity index (χ0) is 21.4. The number of hydrogen-bond donors (Lipinski definition) is 1. The average molecular weight is 413 g/mol. The highest BCUT2D eigenvalue weighted by atomic mass is 16.5. The molecule has 2 aromatic rings. The van der Waals surface area contributed by atoms with E-state index in [-0.39, 0.29) is 23.6 Å². The molecule has 160 valence electrons. The number of rotatable bonds is 6. The molecule has 0 bridgehead atoms. The van der Waals surface area contributed by atoms with Gasteiger partial charge in [-0.1, -0.05) is 13.8 Å². The molecular weight excluding hydrogens is 386 g/mol. The summed E-state index contributed by atoms with van der Waals surface area (Å²) in [5.74, 6) is 0.279. The molecular formula is C23H27NO6. The van der Waals surface area contributed by atoms with Crippen molar-refractivity contribution in [3.05, 3.63) is 45.7 Å². The lowest BCUT2D eigenvalue weighted by molar-refractivity contribution is 0.0669. The third-order valence-electron chi connectivity index (χ3n) is 5.98. The third kappa shape index (κ3) is 3.69. The van der Waals surface area contributed by atoms with Crippen LogP contribution < -0.4 is 14.9 Å². The topological polar surface area (TPSA) is 87.0 Å². The van der Waals surface area contributed by atoms with Crippen LogP contribution in [0.15, 0.2) is 29.2 Å². The molecule has 0 saturated carbocycles. The Balaban J connectivity index is 1.78. The molecule has 2 aliphatic heterocycles. The summed E-state index contributed by atoms with van der Waals surface area (Å²) in [6, 6.07) is 5.31. The fraction of sp³-hybridized carbons (Fsp3) is 0.478. The molecule has 0 radical (unpaired) electrons. The quantitative estimate of drug-likeness (QED) is 0.780. The Morgan fingerprint density at radius 1 is 1.30 bits per heavy atom. The summed E-state index contributed by atoms with van der Waals surface area (Å²) in [6.45, 7) is 5.43. The molecule has 1 fully saturated rings. The summed E-state index contributed by atoms with van der Waals surface area (Å²) < 4.78 is 19.2. The Labute approximate surface area is 175 Å². The van der Waals surface area contributed by atoms with Crippen molar-refractivity contribution in [3.8, 4) is 22.8 Å². The average Bonchev–Trinajstić information content (AvgIpc) is 3.23. The number of aromatic carboxylic acids is 1. The normalized spacial score (nSPS) is 20.0. The fourth-order valence-electron chi connectivity index (χ4n) is 4.32. The van der Waals surface area contributed by atoms with Gasteiger partial charge >= 0.3 is 5.97 Å². The van der Waals surface area contributed by atoms with Crippen molar-refractivity contribution < 1.29 is 24.1 Å². The fourth-order valence-corrected chi connectivity index (χ4v) is 4.32. The van der Waals surface area contributed by atoms with Gasteiger partial charge in [0.15, 0.2) is 16.9 Å². The highest BCUT2D eigenvalue weighted by Gasteiger charge is 2.29. The zero-order valence-electron chi connectivity index (χ0n) is 17.5. The monoisotopic (exact) mass is 413 g/mol. The van der Waals surface area contributed by atoms with E-state index in [0.29, 0.717) is 30.2 Å². The first-order valence-electron chi connectivity index (χ1n) is 10.3. The maximum Gasteiger partial charge on any atom is 0.341 e. The highest BCUT2D eigenvalue weighted by molar-refractivity contribution is 5.87. The van der Waals surface area contributed by atoms with E-state index >= 15 is 0 Å². The number of methoxy groups -OCH3 is 1. The van der Waals surface area contributed by atoms with Gasteiger partial charge in [-0.3, -0.25) is 4.79 Å². The Kier molecular flexibility index (Phi) is 5.56. The van der Waals surface area contributed by atoms with Crippen LogP contribution in [0.4, 0.5) is 0 Å². The first-order valence-corrected chi connectivity index (χ1v) is 10.3. The Morgan fingerprint density at radius 3 is 2.73 bits per heavy atom. The number of carboxylic acids is 1. The zero-order valence-corrected chi connectivity index (χ0v) is 17.5. The number of fused-ring (bicyclic) bond motifs is 3. The summed E-state index contributed by atoms with van der Waals surface area (Å²) in [5.41, 5.74) is 1.91. The number of carboxylic acid groups (broad SMARTS) is 1. The number of benzene rings is 1. The Morgan fingerprint density at radius 2 is 2.10 bits per heavy atom. The van der Waals surface area contributed by atoms with E-state index < -0.39 is 11.4 Å². The van der Waals surface area contributed by atoms with Gasteiger partial charge < -0.3 is 23.9 Å². The van der Waals surface area contributed by atoms with Crippen molar-refractivity contribution in [3.63, 3.8) is 0 Å². The number of aromatic nitrogens is 1. The van der Waals surface area contributed by atoms with Gasteiger partial charge in [-0.15, -0.1) is 0 Å². The van der Waals surface area contributed by atoms with Gasteiger partial charge in [0.2, 0.25) is 0 Å². The van der Waals surface area contributed by atoms with Crippen LogP contribution in [0.25, 0.3) is 11.3 Å². The van der Waals surface area contributed by atoms with Crippen molar-refractivity contribution in [1.82, 2.24) is 4.57 Å². The van der Waals surface area contributed by atoms with E-state index in [1.54, 1.807) is 7.11 Å². The van der Waals surface area contributed by atoms with Crippen LogP contribution in [0.1, 0.15) is 48.7 Å². The lowest BCUT2D eigenvalue weighted by Crippen LogP contribution is -2.28. The molecule has 30 heavy (non-hydrogen) atoms. The summed E-state index contributed by atoms with van der Waals surface area (Å²) >= 11 is 0. The van der Waals surface area contributed by atoms with Crippen LogP contribution in [0.2, 0.25) is 0 Å². The van der Waals surface area contributed by atoms with Gasteiger partial charge in [0.25, 0.3) is 0 Å². The van der Waals surface area contributed by atoms with Crippen LogP contribution in [-0.2, 0) is 11.2 Å². The van der Waals surface area contributed by atoms with Crippen molar-refractivity contribution in [1.29, 1.82) is 0 Å². The second-order valence-corrected chi connectivity index (χ2v) is 8.27. The molecule has 0 spiro atoms. The molecule has 1 saturated heterocycles. The van der Waals surface area contributed by atoms with Crippen LogP contribution >= 0.6 is 0 Å². The van der Waals surface area contributed by atoms with Crippen molar-refractivity contribution in [2.45, 2.75) is 45.3 Å². The second kappa shape index (κ2) is 8.14. The molecule has 1 N–H and O–H groups in total. The summed E-state index contributed by atoms with van der Waals surface area (Å²) in [6.07, 6.45) is 4.33. The smallest absolute Gasteiger partial charge is 0.341 e. The van der Waals surface area contributed by atoms with Gasteiger partial charge in [0.05, 0.1) is 18.9 Å². The predicted octanol–water partition coefficient (Wildman–Crippen LogP) is 3.53. The number of hydrogen-bond acceptors (Lipinski definition) is 5. The highest BCUT2D eigenvalue weighted by Crippen LogP contribution is 2.42. The van der Waals surface area contributed by atoms with Crippen LogP contribution in [-0.4, -0.2) is 42.1 Å². The van der Waals surface area contributed by atoms with Gasteiger partial charge in [0.1, 0.15) is 12.2 Å². The van der Waals surface area contributed by atoms with Crippen molar-refractivity contribution in [2.24, 2.45) is 5.92 Å². The molecule has 7 heteroatoms. The molecule has 1 aromatic carbocycles. The number of ether oxygens (including phenoxy) is 3. The summed E-state index contributed by atoms with van der Waals surface area (Å²) in [7, 11) is 1.58. The molecule has 0 aliphatic carbocycles. The number of nitrogens with zero attached hydrogens (tertiary/aromatic N) is 1. The third-order valence-corrected chi connectivity index (χ3v) is 5.98. The molecule has 4 rings (SSSR count). The largest absolute Gasteiger partial charge is 0.493 e. The molecule has 1 aromatic heterocycles. The van der Waals surface area contributed by atoms with Crippen molar-refractivity contribution in [2.75, 3.05) is 20.3 Å². The van der Waals surface area contributed by atoms with E-state index in [1.165, 1.54) is 12.3 Å². The molecule has 0 amide bonds. The number of pyridine rings is 1. The molecule has 7 nitrogen and oxygen atoms in total. The van der Waals surface area contributed by atoms with E-state index in [1.807, 2.05) is 16.7 Å². The summed E-state index contributed by atoms with van der Waals surface area (Å²) in [4.78, 5) is 23.9. The first-order chi connectivity index (χ1) is 14.4. The first kappa shape index (κ1) is 20.5. The second-order valence-electron chi connectivity index (χ2n) is 8.27. The number of carbonyl (C=O) groups is 1. The summed E-state index contributed by atoms with van der Waals surface area (Å²) in [5, 5.41) is 9.39. The van der Waals surface area contributed by atoms with E-state index in [9.17, 15) is 14.7 Å². The van der Waals surface area contributed by atoms with Crippen molar-refractivity contribution >= 4 is 5.97 Å². The van der Waals surface area contributed by atoms with Crippen LogP contribution in [0.5, 0.6) is 11.5 Å². The van der Waals surface area contributed by atoms with E-state index in [4.69, 9.17) is 14.2 Å². The maximum absolute atomic E-state index is 12.4. The molecule has 2 atom stereocenters. The van der Waals surface area contributed by atoms with Gasteiger partial charge in [-0.25, -0.2) is 4.79 Å². The van der Waals surface area contributed by atoms with E-state index in [0.717, 1.165) is 30.6 Å². The minimum Gasteiger partial charge on any atom is -0.493 e. The van der Waals surface area contributed by atoms with Crippen LogP contribution in [0.3, 0.4) is 0 Å². The van der Waals surface area contributed by atoms with Crippen LogP contribution in [0, 0.1) is 5.92 Å². The maximum atomic E-state index is 12.4.